The maximum Gasteiger partial charge on any atom is 3.00 e. The summed E-state index contributed by atoms with van der Waals surface area (Å²) >= 11 is 0. The smallest absolute Gasteiger partial charge is 1.00 e. The van der Waals surface area contributed by atoms with Crippen LogP contribution in [0.3, 0.4) is 0 Å². The third kappa shape index (κ3) is 6.61. The van der Waals surface area contributed by atoms with Crippen LogP contribution in [0.15, 0.2) is 72.3 Å². The minimum atomic E-state index is 0. The summed E-state index contributed by atoms with van der Waals surface area (Å²) in [5.41, 5.74) is 6.54. The van der Waals surface area contributed by atoms with E-state index in [1.165, 1.54) is 22.3 Å². The number of para-hydroxylation sites is 1. The van der Waals surface area contributed by atoms with E-state index in [4.69, 9.17) is 5.32 Å². The van der Waals surface area contributed by atoms with Gasteiger partial charge in [-0.1, -0.05) is 72.3 Å². The van der Waals surface area contributed by atoms with E-state index in [0.29, 0.717) is 0 Å². The molecule has 0 saturated carbocycles. The largest absolute Gasteiger partial charge is 3.00 e. The number of benzene rings is 2. The molecule has 2 nitrogen and oxygen atoms in total. The number of hydrogen-bond donors (Lipinski definition) is 0. The van der Waals surface area contributed by atoms with Crippen LogP contribution in [-0.2, 0) is 28.3 Å². The summed E-state index contributed by atoms with van der Waals surface area (Å²) in [5.74, 6) is 0. The molecule has 0 aromatic heterocycles. The van der Waals surface area contributed by atoms with Crippen LogP contribution in [0.2, 0.25) is 0 Å². The summed E-state index contributed by atoms with van der Waals surface area (Å²) in [4.78, 5) is 2.22. The molecule has 0 amide bonds. The van der Waals surface area contributed by atoms with Gasteiger partial charge in [-0.05, 0) is 37.2 Å². The van der Waals surface area contributed by atoms with Gasteiger partial charge in [-0.15, -0.1) is 12.2 Å². The van der Waals surface area contributed by atoms with Gasteiger partial charge in [-0.3, -0.25) is 0 Å². The molecule has 0 N–H and O–H groups in total. The minimum Gasteiger partial charge on any atom is -1.00 e. The van der Waals surface area contributed by atoms with Crippen molar-refractivity contribution in [1.29, 1.82) is 0 Å². The van der Waals surface area contributed by atoms with Crippen LogP contribution < -0.4 is 24.8 Å². The molecule has 5 heteroatoms. The van der Waals surface area contributed by atoms with E-state index < -0.39 is 0 Å². The molecule has 135 valence electrons. The van der Waals surface area contributed by atoms with E-state index in [-0.39, 0.29) is 46.5 Å². The van der Waals surface area contributed by atoms with E-state index in [1.807, 2.05) is 18.2 Å². The van der Waals surface area contributed by atoms with Gasteiger partial charge in [-0.2, -0.15) is 0 Å². The van der Waals surface area contributed by atoms with Crippen molar-refractivity contribution >= 4 is 11.3 Å². The van der Waals surface area contributed by atoms with E-state index in [0.717, 1.165) is 25.2 Å². The summed E-state index contributed by atoms with van der Waals surface area (Å²) in [7, 11) is 4.24. The Bertz CT molecular complexity index is 728. The number of rotatable bonds is 6. The van der Waals surface area contributed by atoms with Crippen molar-refractivity contribution in [3.8, 4) is 0 Å². The molecule has 1 aliphatic rings. The number of halogens is 2. The van der Waals surface area contributed by atoms with E-state index >= 15 is 0 Å². The maximum atomic E-state index is 4.74. The summed E-state index contributed by atoms with van der Waals surface area (Å²) in [6.45, 7) is 1.70. The molecule has 3 rings (SSSR count). The molecule has 0 fully saturated rings. The molecule has 0 saturated heterocycles. The molecule has 0 bridgehead atoms. The zero-order chi connectivity index (χ0) is 16.1. The van der Waals surface area contributed by atoms with Crippen LogP contribution in [0.4, 0.5) is 5.69 Å². The Hall–Kier alpha value is -1.03. The number of allylic oxidation sites excluding steroid dienone is 2. The topological polar surface area (TPSA) is 17.3 Å². The summed E-state index contributed by atoms with van der Waals surface area (Å²) in [6, 6.07) is 18.8. The summed E-state index contributed by atoms with van der Waals surface area (Å²) in [5, 5.41) is 4.74. The van der Waals surface area contributed by atoms with Crippen LogP contribution in [0, 0.1) is 0 Å². The van der Waals surface area contributed by atoms with Crippen molar-refractivity contribution in [1.82, 2.24) is 4.90 Å². The van der Waals surface area contributed by atoms with Gasteiger partial charge in [0.15, 0.2) is 0 Å². The zero-order valence-corrected chi connectivity index (χ0v) is 18.2. The van der Waals surface area contributed by atoms with Gasteiger partial charge in [0.05, 0.1) is 0 Å². The Balaban J connectivity index is 0.00000208. The second kappa shape index (κ2) is 12.4. The Morgan fingerprint density at radius 2 is 1.58 bits per heavy atom. The second-order valence-electron chi connectivity index (χ2n) is 6.16. The van der Waals surface area contributed by atoms with Crippen molar-refractivity contribution in [2.75, 3.05) is 20.6 Å². The van der Waals surface area contributed by atoms with Gasteiger partial charge in [0.2, 0.25) is 0 Å². The quantitative estimate of drug-likeness (QED) is 0.556. The normalized spacial score (nSPS) is 12.3. The second-order valence-corrected chi connectivity index (χ2v) is 6.16. The maximum absolute atomic E-state index is 4.74. The first-order chi connectivity index (χ1) is 11.2. The molecular weight excluding hydrogens is 399 g/mol. The fraction of sp³-hybridized carbons (Fsp3) is 0.238. The van der Waals surface area contributed by atoms with Crippen LogP contribution in [0.25, 0.3) is 10.9 Å². The molecule has 0 atom stereocenters. The Kier molecular flexibility index (Phi) is 11.9. The predicted octanol–water partition coefficient (Wildman–Crippen LogP) is -0.827. The first kappa shape index (κ1) is 25.0. The molecule has 2 aromatic carbocycles. The third-order valence-electron chi connectivity index (χ3n) is 4.05. The van der Waals surface area contributed by atoms with Gasteiger partial charge in [0, 0.05) is 6.54 Å². The van der Waals surface area contributed by atoms with Gasteiger partial charge in [0.25, 0.3) is 0 Å². The van der Waals surface area contributed by atoms with Gasteiger partial charge < -0.3 is 35.0 Å². The first-order valence-corrected chi connectivity index (χ1v) is 8.08. The third-order valence-corrected chi connectivity index (χ3v) is 4.05. The molecule has 26 heavy (non-hydrogen) atoms. The van der Waals surface area contributed by atoms with Gasteiger partial charge in [-0.25, -0.2) is 0 Å². The van der Waals surface area contributed by atoms with Gasteiger partial charge in [0.1, 0.15) is 0 Å². The summed E-state index contributed by atoms with van der Waals surface area (Å²) in [6.07, 6.45) is 5.55. The molecule has 0 heterocycles. The molecule has 1 aliphatic carbocycles. The van der Waals surface area contributed by atoms with Crippen molar-refractivity contribution in [3.05, 3.63) is 88.8 Å². The molecule has 2 aromatic rings. The predicted molar refractivity (Wildman–Crippen MR) is 98.8 cm³/mol. The van der Waals surface area contributed by atoms with Crippen LogP contribution >= 0.6 is 0 Å². The van der Waals surface area contributed by atoms with Crippen molar-refractivity contribution in [2.45, 2.75) is 13.0 Å². The molecule has 0 spiro atoms. The zero-order valence-electron chi connectivity index (χ0n) is 15.1. The average Bonchev–Trinajstić information content (AvgIpc) is 3.01. The number of likely N-dealkylation sites (N-methyl/N-ethyl adjacent to an activating group) is 1. The van der Waals surface area contributed by atoms with E-state index in [1.54, 1.807) is 0 Å². The average molecular weight is 422 g/mol. The SMILES string of the molecule is CN(C)CC1=C(c2ccccc2C[N-]c2ccccc2)CC=C1.[Cl-].[Cl-].[Ti+3]. The van der Waals surface area contributed by atoms with Crippen LogP contribution in [0.1, 0.15) is 17.5 Å². The Morgan fingerprint density at radius 3 is 2.27 bits per heavy atom. The summed E-state index contributed by atoms with van der Waals surface area (Å²) < 4.78 is 0. The monoisotopic (exact) mass is 421 g/mol. The molecule has 0 aliphatic heterocycles. The Labute approximate surface area is 184 Å². The first-order valence-electron chi connectivity index (χ1n) is 8.08. The number of nitrogens with zero attached hydrogens (tertiary/aromatic N) is 2. The van der Waals surface area contributed by atoms with Gasteiger partial charge >= 0.3 is 21.7 Å². The van der Waals surface area contributed by atoms with Crippen molar-refractivity contribution in [2.24, 2.45) is 0 Å². The van der Waals surface area contributed by atoms with Crippen molar-refractivity contribution in [3.63, 3.8) is 0 Å². The van der Waals surface area contributed by atoms with Crippen LogP contribution in [0.5, 0.6) is 0 Å². The minimum absolute atomic E-state index is 0. The van der Waals surface area contributed by atoms with E-state index in [9.17, 15) is 0 Å². The number of hydrogen-bond acceptors (Lipinski definition) is 1. The van der Waals surface area contributed by atoms with Crippen LogP contribution in [-0.4, -0.2) is 25.5 Å². The molecular formula is C21H23Cl2N2Ti. The van der Waals surface area contributed by atoms with Crippen molar-refractivity contribution < 1.29 is 46.5 Å². The Morgan fingerprint density at radius 1 is 0.923 bits per heavy atom. The fourth-order valence-corrected chi connectivity index (χ4v) is 2.98. The molecule has 1 radical (unpaired) electrons. The van der Waals surface area contributed by atoms with E-state index in [2.05, 4.69) is 67.5 Å². The fourth-order valence-electron chi connectivity index (χ4n) is 2.98. The molecule has 0 unspecified atom stereocenters. The standard InChI is InChI=1S/C21H23N2.2ClH.Ti/c1-23(2)16-18-10-8-14-21(18)20-13-7-6-9-17(20)15-22-19-11-4-3-5-12-19;;;/h3-13H,14-16H2,1-2H3;2*1H;/q-1;;;+3/p-2.